The molecule has 0 aliphatic carbocycles. The highest BCUT2D eigenvalue weighted by Gasteiger charge is 2.27. The van der Waals surface area contributed by atoms with Crippen molar-refractivity contribution < 1.29 is 8.42 Å². The van der Waals surface area contributed by atoms with Crippen molar-refractivity contribution in [2.24, 2.45) is 0 Å². The highest BCUT2D eigenvalue weighted by Crippen LogP contribution is 2.32. The fourth-order valence-corrected chi connectivity index (χ4v) is 5.72. The van der Waals surface area contributed by atoms with Gasteiger partial charge in [-0.05, 0) is 72.0 Å². The van der Waals surface area contributed by atoms with Crippen LogP contribution in [0.25, 0.3) is 5.57 Å². The number of halogens is 2. The Labute approximate surface area is 206 Å². The molecule has 0 bridgehead atoms. The van der Waals surface area contributed by atoms with Gasteiger partial charge in [0.25, 0.3) is 0 Å². The molecule has 0 amide bonds. The summed E-state index contributed by atoms with van der Waals surface area (Å²) < 4.78 is 30.5. The molecule has 0 saturated heterocycles. The van der Waals surface area contributed by atoms with Crippen molar-refractivity contribution in [3.05, 3.63) is 116 Å². The van der Waals surface area contributed by atoms with E-state index in [2.05, 4.69) is 68.3 Å². The average Bonchev–Trinajstić information content (AvgIpc) is 3.04. The van der Waals surface area contributed by atoms with Gasteiger partial charge in [-0.2, -0.15) is 4.31 Å². The Kier molecular flexibility index (Phi) is 7.15. The van der Waals surface area contributed by atoms with Crippen LogP contribution in [-0.4, -0.2) is 25.8 Å². The molecule has 0 aromatic heterocycles. The second-order valence-corrected chi connectivity index (χ2v) is 11.5. The zero-order valence-electron chi connectivity index (χ0n) is 17.6. The van der Waals surface area contributed by atoms with E-state index >= 15 is 0 Å². The standard InChI is InChI=1S/C26H23Br2NO2S/c1-19-5-15-25(16-6-19)32(30,31)29-17-3-2-4-22(18-29)26(20-7-11-23(27)12-8-20)21-9-13-24(28)14-10-21/h2,4-16H,3,17-18H2,1H3. The van der Waals surface area contributed by atoms with Crippen LogP contribution in [0.3, 0.4) is 0 Å². The van der Waals surface area contributed by atoms with E-state index in [9.17, 15) is 8.42 Å². The van der Waals surface area contributed by atoms with Gasteiger partial charge in [-0.15, -0.1) is 0 Å². The minimum Gasteiger partial charge on any atom is -0.207 e. The Balaban J connectivity index is 1.82. The Morgan fingerprint density at radius 2 is 1.34 bits per heavy atom. The number of aryl methyl sites for hydroxylation is 1. The van der Waals surface area contributed by atoms with Gasteiger partial charge in [-0.3, -0.25) is 0 Å². The van der Waals surface area contributed by atoms with E-state index < -0.39 is 10.0 Å². The Morgan fingerprint density at radius 3 is 1.88 bits per heavy atom. The molecule has 0 spiro atoms. The van der Waals surface area contributed by atoms with Gasteiger partial charge in [0.05, 0.1) is 4.90 Å². The highest BCUT2D eigenvalue weighted by molar-refractivity contribution is 9.10. The summed E-state index contributed by atoms with van der Waals surface area (Å²) in [6.45, 7) is 2.72. The van der Waals surface area contributed by atoms with Crippen LogP contribution in [-0.2, 0) is 10.0 Å². The van der Waals surface area contributed by atoms with Crippen molar-refractivity contribution in [1.82, 2.24) is 4.31 Å². The predicted octanol–water partition coefficient (Wildman–Crippen LogP) is 6.97. The van der Waals surface area contributed by atoms with Crippen molar-refractivity contribution in [3.63, 3.8) is 0 Å². The smallest absolute Gasteiger partial charge is 0.207 e. The lowest BCUT2D eigenvalue weighted by Crippen LogP contribution is -2.33. The lowest BCUT2D eigenvalue weighted by Gasteiger charge is -2.23. The summed E-state index contributed by atoms with van der Waals surface area (Å²) in [5.41, 5.74) is 5.14. The molecular weight excluding hydrogens is 550 g/mol. The summed E-state index contributed by atoms with van der Waals surface area (Å²) >= 11 is 7.02. The van der Waals surface area contributed by atoms with Crippen molar-refractivity contribution in [2.75, 3.05) is 13.1 Å². The zero-order valence-corrected chi connectivity index (χ0v) is 21.6. The lowest BCUT2D eigenvalue weighted by molar-refractivity contribution is 0.447. The van der Waals surface area contributed by atoms with Crippen molar-refractivity contribution in [1.29, 1.82) is 0 Å². The minimum absolute atomic E-state index is 0.314. The largest absolute Gasteiger partial charge is 0.243 e. The molecule has 0 saturated carbocycles. The number of rotatable bonds is 4. The maximum atomic E-state index is 13.4. The van der Waals surface area contributed by atoms with Gasteiger partial charge < -0.3 is 0 Å². The van der Waals surface area contributed by atoms with E-state index in [1.54, 1.807) is 16.4 Å². The van der Waals surface area contributed by atoms with Crippen LogP contribution < -0.4 is 0 Å². The number of hydrogen-bond donors (Lipinski definition) is 0. The third-order valence-corrected chi connectivity index (χ3v) is 8.37. The molecule has 4 rings (SSSR count). The Morgan fingerprint density at radius 1 is 0.812 bits per heavy atom. The molecule has 3 aromatic carbocycles. The summed E-state index contributed by atoms with van der Waals surface area (Å²) in [4.78, 5) is 0.332. The molecule has 32 heavy (non-hydrogen) atoms. The molecule has 6 heteroatoms. The minimum atomic E-state index is -3.60. The van der Waals surface area contributed by atoms with Gasteiger partial charge in [-0.1, -0.05) is 86.0 Å². The average molecular weight is 573 g/mol. The maximum Gasteiger partial charge on any atom is 0.243 e. The van der Waals surface area contributed by atoms with Crippen molar-refractivity contribution >= 4 is 47.5 Å². The molecule has 3 aromatic rings. The molecule has 0 radical (unpaired) electrons. The number of sulfonamides is 1. The first-order chi connectivity index (χ1) is 15.3. The monoisotopic (exact) mass is 571 g/mol. The molecule has 0 atom stereocenters. The third-order valence-electron chi connectivity index (χ3n) is 5.46. The van der Waals surface area contributed by atoms with E-state index in [1.165, 1.54) is 0 Å². The van der Waals surface area contributed by atoms with Crippen LogP contribution in [0.5, 0.6) is 0 Å². The molecule has 1 heterocycles. The fourth-order valence-electron chi connectivity index (χ4n) is 3.76. The lowest BCUT2D eigenvalue weighted by atomic mass is 9.92. The van der Waals surface area contributed by atoms with E-state index in [4.69, 9.17) is 0 Å². The van der Waals surface area contributed by atoms with Crippen LogP contribution in [0.1, 0.15) is 23.1 Å². The quantitative estimate of drug-likeness (QED) is 0.338. The summed E-state index contributed by atoms with van der Waals surface area (Å²) in [7, 11) is -3.60. The number of benzene rings is 3. The first-order valence-electron chi connectivity index (χ1n) is 10.3. The van der Waals surface area contributed by atoms with Crippen molar-refractivity contribution in [3.8, 4) is 0 Å². The SMILES string of the molecule is Cc1ccc(S(=O)(=O)N2CCC=CC(=C(c3ccc(Br)cc3)c3ccc(Br)cc3)C2)cc1. The third kappa shape index (κ3) is 5.15. The Hall–Kier alpha value is -1.99. The van der Waals surface area contributed by atoms with Gasteiger partial charge in [-0.25, -0.2) is 8.42 Å². The van der Waals surface area contributed by atoms with Crippen molar-refractivity contribution in [2.45, 2.75) is 18.2 Å². The maximum absolute atomic E-state index is 13.4. The molecule has 0 fully saturated rings. The second kappa shape index (κ2) is 9.87. The van der Waals surface area contributed by atoms with E-state index in [1.807, 2.05) is 43.3 Å². The summed E-state index contributed by atoms with van der Waals surface area (Å²) in [5, 5.41) is 0. The van der Waals surface area contributed by atoms with Crippen LogP contribution in [0.4, 0.5) is 0 Å². The van der Waals surface area contributed by atoms with Gasteiger partial charge in [0, 0.05) is 22.0 Å². The molecule has 1 aliphatic rings. The normalized spacial score (nSPS) is 14.9. The van der Waals surface area contributed by atoms with Gasteiger partial charge >= 0.3 is 0 Å². The summed E-state index contributed by atoms with van der Waals surface area (Å²) in [6, 6.07) is 23.4. The van der Waals surface area contributed by atoms with Gasteiger partial charge in [0.1, 0.15) is 0 Å². The zero-order chi connectivity index (χ0) is 22.7. The molecule has 164 valence electrons. The van der Waals surface area contributed by atoms with E-state index in [0.29, 0.717) is 24.4 Å². The van der Waals surface area contributed by atoms with Crippen LogP contribution >= 0.6 is 31.9 Å². The molecule has 0 N–H and O–H groups in total. The van der Waals surface area contributed by atoms with E-state index in [0.717, 1.165) is 36.8 Å². The fraction of sp³-hybridized carbons (Fsp3) is 0.154. The first kappa shape index (κ1) is 23.2. The summed E-state index contributed by atoms with van der Waals surface area (Å²) in [6.07, 6.45) is 4.81. The number of nitrogens with zero attached hydrogens (tertiary/aromatic N) is 1. The van der Waals surface area contributed by atoms with E-state index in [-0.39, 0.29) is 0 Å². The second-order valence-electron chi connectivity index (χ2n) is 7.76. The van der Waals surface area contributed by atoms with Crippen LogP contribution in [0.2, 0.25) is 0 Å². The molecular formula is C26H23Br2NO2S. The molecule has 3 nitrogen and oxygen atoms in total. The predicted molar refractivity (Wildman–Crippen MR) is 138 cm³/mol. The molecule has 0 unspecified atom stereocenters. The highest BCUT2D eigenvalue weighted by atomic mass is 79.9. The first-order valence-corrected chi connectivity index (χ1v) is 13.4. The van der Waals surface area contributed by atoms with Crippen LogP contribution in [0, 0.1) is 6.92 Å². The van der Waals surface area contributed by atoms with Crippen LogP contribution in [0.15, 0.2) is 104 Å². The van der Waals surface area contributed by atoms with Gasteiger partial charge in [0.15, 0.2) is 0 Å². The summed E-state index contributed by atoms with van der Waals surface area (Å²) in [5.74, 6) is 0. The number of hydrogen-bond acceptors (Lipinski definition) is 2. The topological polar surface area (TPSA) is 37.4 Å². The Bertz CT molecular complexity index is 1210. The molecule has 1 aliphatic heterocycles. The van der Waals surface area contributed by atoms with Gasteiger partial charge in [0.2, 0.25) is 10.0 Å².